The van der Waals surface area contributed by atoms with E-state index in [9.17, 15) is 4.79 Å². The van der Waals surface area contributed by atoms with Crippen molar-refractivity contribution < 1.29 is 14.3 Å². The molecule has 2 atom stereocenters. The van der Waals surface area contributed by atoms with Gasteiger partial charge < -0.3 is 9.47 Å². The van der Waals surface area contributed by atoms with Crippen molar-refractivity contribution in [2.45, 2.75) is 25.6 Å². The second-order valence-corrected chi connectivity index (χ2v) is 6.89. The van der Waals surface area contributed by atoms with Gasteiger partial charge >= 0.3 is 5.97 Å². The Bertz CT molecular complexity index is 873. The molecule has 27 heavy (non-hydrogen) atoms. The van der Waals surface area contributed by atoms with Crippen molar-refractivity contribution in [1.82, 2.24) is 0 Å². The number of benzene rings is 3. The average Bonchev–Trinajstić information content (AvgIpc) is 3.53. The van der Waals surface area contributed by atoms with Crippen molar-refractivity contribution in [2.24, 2.45) is 5.92 Å². The molecule has 1 fully saturated rings. The van der Waals surface area contributed by atoms with Crippen LogP contribution in [0.25, 0.3) is 0 Å². The highest BCUT2D eigenvalue weighted by Crippen LogP contribution is 2.48. The smallest absolute Gasteiger partial charge is 0.309 e. The zero-order chi connectivity index (χ0) is 18.5. The zero-order valence-electron chi connectivity index (χ0n) is 15.1. The van der Waals surface area contributed by atoms with Crippen LogP contribution < -0.4 is 4.74 Å². The average molecular weight is 358 g/mol. The largest absolute Gasteiger partial charge is 0.489 e. The molecule has 1 saturated carbocycles. The number of carbonyl (C=O) groups is 1. The fourth-order valence-electron chi connectivity index (χ4n) is 3.21. The van der Waals surface area contributed by atoms with Crippen LogP contribution in [0.15, 0.2) is 84.9 Å². The Morgan fingerprint density at radius 2 is 1.37 bits per heavy atom. The number of ether oxygens (including phenoxy) is 2. The van der Waals surface area contributed by atoms with Gasteiger partial charge in [0.25, 0.3) is 0 Å². The van der Waals surface area contributed by atoms with Gasteiger partial charge in [-0.1, -0.05) is 72.8 Å². The highest BCUT2D eigenvalue weighted by Gasteiger charge is 2.45. The first kappa shape index (κ1) is 17.3. The summed E-state index contributed by atoms with van der Waals surface area (Å²) in [6.45, 7) is 0.896. The van der Waals surface area contributed by atoms with E-state index in [1.54, 1.807) is 0 Å². The van der Waals surface area contributed by atoms with Gasteiger partial charge in [0, 0.05) is 0 Å². The van der Waals surface area contributed by atoms with Crippen molar-refractivity contribution in [3.8, 4) is 5.75 Å². The van der Waals surface area contributed by atoms with Gasteiger partial charge in [0.15, 0.2) is 0 Å². The third-order valence-corrected chi connectivity index (χ3v) is 4.87. The van der Waals surface area contributed by atoms with E-state index >= 15 is 0 Å². The first-order chi connectivity index (χ1) is 13.3. The summed E-state index contributed by atoms with van der Waals surface area (Å²) in [6.07, 6.45) is 0.859. The van der Waals surface area contributed by atoms with E-state index in [1.165, 1.54) is 5.56 Å². The molecule has 4 rings (SSSR count). The van der Waals surface area contributed by atoms with Gasteiger partial charge in [-0.3, -0.25) is 4.79 Å². The summed E-state index contributed by atoms with van der Waals surface area (Å²) in [5.74, 6) is 0.973. The molecule has 3 aromatic carbocycles. The van der Waals surface area contributed by atoms with E-state index < -0.39 is 0 Å². The lowest BCUT2D eigenvalue weighted by Gasteiger charge is -2.08. The number of carbonyl (C=O) groups excluding carboxylic acids is 1. The lowest BCUT2D eigenvalue weighted by Crippen LogP contribution is -2.07. The standard InChI is InChI=1S/C24H22O3/c25-24(27-17-19-9-5-2-6-10-19)23-15-22(23)20-11-13-21(14-12-20)26-16-18-7-3-1-4-8-18/h1-14,22-23H,15-17H2. The highest BCUT2D eigenvalue weighted by atomic mass is 16.5. The van der Waals surface area contributed by atoms with Gasteiger partial charge in [-0.15, -0.1) is 0 Å². The van der Waals surface area contributed by atoms with Crippen molar-refractivity contribution in [3.05, 3.63) is 102 Å². The van der Waals surface area contributed by atoms with Gasteiger partial charge in [0.05, 0.1) is 5.92 Å². The first-order valence-electron chi connectivity index (χ1n) is 9.27. The van der Waals surface area contributed by atoms with Crippen LogP contribution in [0.3, 0.4) is 0 Å². The second kappa shape index (κ2) is 8.09. The Balaban J connectivity index is 1.27. The summed E-state index contributed by atoms with van der Waals surface area (Å²) in [7, 11) is 0. The predicted octanol–water partition coefficient (Wildman–Crippen LogP) is 5.11. The first-order valence-corrected chi connectivity index (χ1v) is 9.27. The van der Waals surface area contributed by atoms with E-state index in [4.69, 9.17) is 9.47 Å². The Labute approximate surface area is 159 Å². The highest BCUT2D eigenvalue weighted by molar-refractivity contribution is 5.77. The second-order valence-electron chi connectivity index (χ2n) is 6.89. The van der Waals surface area contributed by atoms with Crippen LogP contribution in [-0.4, -0.2) is 5.97 Å². The van der Waals surface area contributed by atoms with E-state index in [2.05, 4.69) is 12.1 Å². The molecule has 0 N–H and O–H groups in total. The molecule has 0 saturated heterocycles. The minimum absolute atomic E-state index is 0.0233. The lowest BCUT2D eigenvalue weighted by molar-refractivity contribution is -0.146. The van der Waals surface area contributed by atoms with Crippen molar-refractivity contribution >= 4 is 5.97 Å². The monoisotopic (exact) mass is 358 g/mol. The SMILES string of the molecule is O=C(OCc1ccccc1)C1CC1c1ccc(OCc2ccccc2)cc1. The maximum atomic E-state index is 12.2. The van der Waals surface area contributed by atoms with Crippen molar-refractivity contribution in [3.63, 3.8) is 0 Å². The van der Waals surface area contributed by atoms with Crippen LogP contribution in [0.2, 0.25) is 0 Å². The fraction of sp³-hybridized carbons (Fsp3) is 0.208. The molecule has 0 spiro atoms. The summed E-state index contributed by atoms with van der Waals surface area (Å²) in [5, 5.41) is 0. The quantitative estimate of drug-likeness (QED) is 0.550. The molecule has 0 heterocycles. The topological polar surface area (TPSA) is 35.5 Å². The molecule has 1 aliphatic rings. The molecule has 0 radical (unpaired) electrons. The van der Waals surface area contributed by atoms with Gasteiger partial charge in [0.2, 0.25) is 0 Å². The van der Waals surface area contributed by atoms with E-state index in [-0.39, 0.29) is 17.8 Å². The Hall–Kier alpha value is -3.07. The molecule has 0 aliphatic heterocycles. The van der Waals surface area contributed by atoms with Crippen LogP contribution in [0.1, 0.15) is 29.0 Å². The Kier molecular flexibility index (Phi) is 5.20. The van der Waals surface area contributed by atoms with E-state index in [1.807, 2.05) is 72.8 Å². The van der Waals surface area contributed by atoms with Crippen LogP contribution in [-0.2, 0) is 22.7 Å². The van der Waals surface area contributed by atoms with Gasteiger partial charge in [0.1, 0.15) is 19.0 Å². The molecule has 2 unspecified atom stereocenters. The van der Waals surface area contributed by atoms with Crippen molar-refractivity contribution in [2.75, 3.05) is 0 Å². The minimum atomic E-state index is -0.103. The van der Waals surface area contributed by atoms with Gasteiger partial charge in [-0.2, -0.15) is 0 Å². The number of hydrogen-bond donors (Lipinski definition) is 0. The van der Waals surface area contributed by atoms with Crippen LogP contribution in [0.4, 0.5) is 0 Å². The van der Waals surface area contributed by atoms with Crippen LogP contribution in [0, 0.1) is 5.92 Å². The summed E-state index contributed by atoms with van der Waals surface area (Å²) < 4.78 is 11.3. The third kappa shape index (κ3) is 4.56. The zero-order valence-corrected chi connectivity index (χ0v) is 15.1. The molecule has 3 aromatic rings. The molecule has 136 valence electrons. The third-order valence-electron chi connectivity index (χ3n) is 4.87. The van der Waals surface area contributed by atoms with Gasteiger partial charge in [-0.25, -0.2) is 0 Å². The summed E-state index contributed by atoms with van der Waals surface area (Å²) >= 11 is 0. The Morgan fingerprint density at radius 3 is 2.00 bits per heavy atom. The maximum Gasteiger partial charge on any atom is 0.309 e. The fourth-order valence-corrected chi connectivity index (χ4v) is 3.21. The van der Waals surface area contributed by atoms with Crippen LogP contribution >= 0.6 is 0 Å². The minimum Gasteiger partial charge on any atom is -0.489 e. The molecule has 1 aliphatic carbocycles. The lowest BCUT2D eigenvalue weighted by atomic mass is 10.1. The van der Waals surface area contributed by atoms with Crippen molar-refractivity contribution in [1.29, 1.82) is 0 Å². The summed E-state index contributed by atoms with van der Waals surface area (Å²) in [4.78, 5) is 12.2. The molecule has 0 bridgehead atoms. The molecule has 3 heteroatoms. The van der Waals surface area contributed by atoms with E-state index in [0.29, 0.717) is 13.2 Å². The summed E-state index contributed by atoms with van der Waals surface area (Å²) in [6, 6.07) is 27.9. The molecular weight excluding hydrogens is 336 g/mol. The predicted molar refractivity (Wildman–Crippen MR) is 104 cm³/mol. The number of rotatable bonds is 7. The molecule has 3 nitrogen and oxygen atoms in total. The molecule has 0 aromatic heterocycles. The summed E-state index contributed by atoms with van der Waals surface area (Å²) in [5.41, 5.74) is 3.33. The maximum absolute atomic E-state index is 12.2. The van der Waals surface area contributed by atoms with E-state index in [0.717, 1.165) is 23.3 Å². The number of hydrogen-bond acceptors (Lipinski definition) is 3. The van der Waals surface area contributed by atoms with Gasteiger partial charge in [-0.05, 0) is 41.2 Å². The normalized spacial score (nSPS) is 17.9. The number of esters is 1. The Morgan fingerprint density at radius 1 is 0.778 bits per heavy atom. The van der Waals surface area contributed by atoms with Crippen LogP contribution in [0.5, 0.6) is 5.75 Å². The molecule has 0 amide bonds. The molecular formula is C24H22O3.